The van der Waals surface area contributed by atoms with E-state index < -0.39 is 37.2 Å². The Labute approximate surface area is 222 Å². The Morgan fingerprint density at radius 2 is 2.00 bits per heavy atom. The van der Waals surface area contributed by atoms with E-state index in [1.165, 1.54) is 9.36 Å². The summed E-state index contributed by atoms with van der Waals surface area (Å²) in [7, 11) is 0. The summed E-state index contributed by atoms with van der Waals surface area (Å²) in [6, 6.07) is 7.10. The fraction of sp³-hybridized carbons (Fsp3) is 0.409. The largest absolute Gasteiger partial charge is 0.490 e. The summed E-state index contributed by atoms with van der Waals surface area (Å²) in [5.74, 6) is -2.74. The number of nitrogens with two attached hydrogens (primary N) is 1. The molecule has 1 aliphatic heterocycles. The Morgan fingerprint density at radius 1 is 1.25 bits per heavy atom. The van der Waals surface area contributed by atoms with Crippen LogP contribution in [0.15, 0.2) is 24.3 Å². The van der Waals surface area contributed by atoms with E-state index in [0.717, 1.165) is 5.56 Å². The Hall–Kier alpha value is -4.42. The number of tetrazole rings is 1. The molecule has 0 spiro atoms. The van der Waals surface area contributed by atoms with Gasteiger partial charge < -0.3 is 30.7 Å². The van der Waals surface area contributed by atoms with Gasteiger partial charge in [0.05, 0.1) is 19.8 Å². The van der Waals surface area contributed by atoms with Gasteiger partial charge in [-0.15, -0.1) is 10.2 Å². The average molecular weight is 564 g/mol. The van der Waals surface area contributed by atoms with E-state index in [-0.39, 0.29) is 47.7 Å². The third kappa shape index (κ3) is 5.10. The van der Waals surface area contributed by atoms with Gasteiger partial charge in [-0.3, -0.25) is 4.57 Å². The van der Waals surface area contributed by atoms with Gasteiger partial charge in [0.25, 0.3) is 0 Å². The first kappa shape index (κ1) is 27.2. The number of carbonyl (C=O) groups is 1. The molecule has 4 heterocycles. The smallest absolute Gasteiger partial charge is 0.448 e. The van der Waals surface area contributed by atoms with Gasteiger partial charge in [-0.2, -0.15) is 27.9 Å². The minimum absolute atomic E-state index is 0.0120. The number of ether oxygens (including phenoxy) is 2. The molecule has 4 aromatic rings. The van der Waals surface area contributed by atoms with Crippen molar-refractivity contribution in [3.05, 3.63) is 35.4 Å². The van der Waals surface area contributed by atoms with Gasteiger partial charge in [0.2, 0.25) is 11.8 Å². The molecule has 212 valence electrons. The molecule has 0 unspecified atom stereocenters. The number of anilines is 2. The summed E-state index contributed by atoms with van der Waals surface area (Å²) in [5.41, 5.74) is 7.60. The zero-order valence-electron chi connectivity index (χ0n) is 20.8. The number of nitrogen functional groups attached to an aromatic ring is 1. The summed E-state index contributed by atoms with van der Waals surface area (Å²) >= 11 is 0. The number of halogens is 3. The molecule has 5 N–H and O–H groups in total. The number of rotatable bonds is 8. The zero-order valence-corrected chi connectivity index (χ0v) is 20.8. The predicted octanol–water partition coefficient (Wildman–Crippen LogP) is 0.550. The lowest BCUT2D eigenvalue weighted by atomic mass is 10.1. The molecule has 3 atom stereocenters. The number of aromatic nitrogens is 8. The maximum Gasteiger partial charge on any atom is 0.490 e. The molecule has 0 radical (unpaired) electrons. The van der Waals surface area contributed by atoms with Gasteiger partial charge in [0.15, 0.2) is 35.1 Å². The number of fused-ring (bicyclic) bond motifs is 1. The second-order valence-corrected chi connectivity index (χ2v) is 8.65. The van der Waals surface area contributed by atoms with Crippen molar-refractivity contribution in [2.75, 3.05) is 17.7 Å². The number of nitrogens with one attached hydrogen (secondary N) is 1. The number of carbonyl (C=O) groups excluding carboxylic acids is 1. The van der Waals surface area contributed by atoms with Crippen LogP contribution >= 0.6 is 0 Å². The lowest BCUT2D eigenvalue weighted by Gasteiger charge is -2.23. The Morgan fingerprint density at radius 3 is 2.67 bits per heavy atom. The maximum atomic E-state index is 13.0. The average Bonchev–Trinajstić information content (AvgIpc) is 3.64. The summed E-state index contributed by atoms with van der Waals surface area (Å²) < 4.78 is 50.4. The summed E-state index contributed by atoms with van der Waals surface area (Å²) in [6.45, 7) is 1.65. The number of aliphatic hydroxyl groups excluding tert-OH is 2. The van der Waals surface area contributed by atoms with Gasteiger partial charge in [0, 0.05) is 6.54 Å². The van der Waals surface area contributed by atoms with E-state index in [0.29, 0.717) is 12.1 Å². The highest BCUT2D eigenvalue weighted by atomic mass is 19.4. The molecular weight excluding hydrogens is 541 g/mol. The first-order chi connectivity index (χ1) is 19.1. The first-order valence-electron chi connectivity index (χ1n) is 11.9. The van der Waals surface area contributed by atoms with Crippen LogP contribution < -0.4 is 11.1 Å². The highest BCUT2D eigenvalue weighted by Crippen LogP contribution is 2.36. The molecule has 5 rings (SSSR count). The van der Waals surface area contributed by atoms with Crippen LogP contribution in [0.2, 0.25) is 0 Å². The lowest BCUT2D eigenvalue weighted by molar-refractivity contribution is -0.211. The van der Waals surface area contributed by atoms with Crippen LogP contribution in [0.5, 0.6) is 0 Å². The standard InChI is InChI=1S/C22H23F3N10O5/c1-2-34-32-16(31-33-34)18-28-13-15(26)29-21(27-7-10-5-3-4-6-11(10)8-36)30-17(13)35(18)19-14(12(37)9-39-19)40-20(38)22(23,24)25/h3-6,12,14,19,36-37H,2,7-9H2,1H3,(H3,26,27,29,30)/t12-,14+,19+/m0/s1. The highest BCUT2D eigenvalue weighted by molar-refractivity contribution is 5.86. The van der Waals surface area contributed by atoms with Gasteiger partial charge in [-0.05, 0) is 23.3 Å². The molecule has 15 nitrogen and oxygen atoms in total. The zero-order chi connectivity index (χ0) is 28.6. The maximum absolute atomic E-state index is 13.0. The number of aryl methyl sites for hydroxylation is 1. The fourth-order valence-corrected chi connectivity index (χ4v) is 4.12. The molecule has 18 heteroatoms. The number of hydrogen-bond donors (Lipinski definition) is 4. The predicted molar refractivity (Wildman–Crippen MR) is 129 cm³/mol. The lowest BCUT2D eigenvalue weighted by Crippen LogP contribution is -2.38. The monoisotopic (exact) mass is 564 g/mol. The molecule has 0 saturated carbocycles. The Kier molecular flexibility index (Phi) is 7.21. The second-order valence-electron chi connectivity index (χ2n) is 8.65. The molecular formula is C22H23F3N10O5. The Bertz CT molecular complexity index is 1540. The summed E-state index contributed by atoms with van der Waals surface area (Å²) in [6.07, 6.45) is -10.2. The molecule has 3 aromatic heterocycles. The van der Waals surface area contributed by atoms with Crippen molar-refractivity contribution >= 4 is 28.9 Å². The number of esters is 1. The topological polar surface area (TPSA) is 201 Å². The number of aliphatic hydroxyl groups is 2. The van der Waals surface area contributed by atoms with E-state index in [2.05, 4.69) is 40.4 Å². The van der Waals surface area contributed by atoms with Crippen molar-refractivity contribution in [1.82, 2.24) is 39.7 Å². The normalized spacial score (nSPS) is 19.3. The number of imidazole rings is 1. The molecule has 0 amide bonds. The van der Waals surface area contributed by atoms with Crippen molar-refractivity contribution in [1.29, 1.82) is 0 Å². The van der Waals surface area contributed by atoms with Crippen LogP contribution in [0.1, 0.15) is 24.3 Å². The minimum atomic E-state index is -5.31. The quantitative estimate of drug-likeness (QED) is 0.216. The van der Waals surface area contributed by atoms with Gasteiger partial charge in [0.1, 0.15) is 6.10 Å². The van der Waals surface area contributed by atoms with Crippen molar-refractivity contribution in [2.45, 2.75) is 51.2 Å². The number of benzene rings is 1. The molecule has 0 aliphatic carbocycles. The van der Waals surface area contributed by atoms with Crippen molar-refractivity contribution < 1.29 is 37.7 Å². The molecule has 1 aromatic carbocycles. The third-order valence-corrected chi connectivity index (χ3v) is 6.06. The molecule has 1 fully saturated rings. The highest BCUT2D eigenvalue weighted by Gasteiger charge is 2.49. The number of hydrogen-bond acceptors (Lipinski definition) is 13. The van der Waals surface area contributed by atoms with Gasteiger partial charge >= 0.3 is 12.1 Å². The number of alkyl halides is 3. The van der Waals surface area contributed by atoms with Crippen LogP contribution in [-0.4, -0.2) is 80.9 Å². The van der Waals surface area contributed by atoms with E-state index in [4.69, 9.17) is 10.5 Å². The van der Waals surface area contributed by atoms with E-state index in [9.17, 15) is 28.2 Å². The van der Waals surface area contributed by atoms with Crippen LogP contribution in [0.4, 0.5) is 24.9 Å². The van der Waals surface area contributed by atoms with E-state index in [1.807, 2.05) is 0 Å². The van der Waals surface area contributed by atoms with E-state index in [1.54, 1.807) is 31.2 Å². The minimum Gasteiger partial charge on any atom is -0.448 e. The van der Waals surface area contributed by atoms with Crippen LogP contribution in [0, 0.1) is 0 Å². The summed E-state index contributed by atoms with van der Waals surface area (Å²) in [4.78, 5) is 26.0. The third-order valence-electron chi connectivity index (χ3n) is 6.06. The molecule has 1 saturated heterocycles. The van der Waals surface area contributed by atoms with Crippen LogP contribution in [-0.2, 0) is 34.0 Å². The second kappa shape index (κ2) is 10.6. The van der Waals surface area contributed by atoms with Crippen molar-refractivity contribution in [3.8, 4) is 11.6 Å². The first-order valence-corrected chi connectivity index (χ1v) is 11.9. The fourth-order valence-electron chi connectivity index (χ4n) is 4.12. The van der Waals surface area contributed by atoms with E-state index >= 15 is 0 Å². The molecule has 0 bridgehead atoms. The number of nitrogens with zero attached hydrogens (tertiary/aromatic N) is 8. The molecule has 40 heavy (non-hydrogen) atoms. The van der Waals surface area contributed by atoms with Crippen molar-refractivity contribution in [3.63, 3.8) is 0 Å². The van der Waals surface area contributed by atoms with Gasteiger partial charge in [-0.25, -0.2) is 9.78 Å². The Balaban J connectivity index is 1.60. The van der Waals surface area contributed by atoms with Crippen molar-refractivity contribution in [2.24, 2.45) is 0 Å². The SMILES string of the molecule is CCn1nnc(-c2nc3c(N)nc(NCc4ccccc4CO)nc3n2[C@@H]2OC[C@H](O)[C@H]2OC(=O)C(F)(F)F)n1. The van der Waals surface area contributed by atoms with Crippen LogP contribution in [0.3, 0.4) is 0 Å². The van der Waals surface area contributed by atoms with Gasteiger partial charge in [-0.1, -0.05) is 24.3 Å². The van der Waals surface area contributed by atoms with Crippen LogP contribution in [0.25, 0.3) is 22.8 Å². The summed E-state index contributed by atoms with van der Waals surface area (Å²) in [5, 5.41) is 35.0. The molecule has 1 aliphatic rings.